The van der Waals surface area contributed by atoms with E-state index in [9.17, 15) is 4.21 Å². The van der Waals surface area contributed by atoms with E-state index in [0.29, 0.717) is 0 Å². The zero-order valence-corrected chi connectivity index (χ0v) is 8.56. The van der Waals surface area contributed by atoms with Crippen LogP contribution in [-0.4, -0.2) is 32.5 Å². The SMILES string of the molecule is CCCCN(CCC)C(O)=S=O. The Balaban J connectivity index is 3.94. The molecule has 0 bridgehead atoms. The molecule has 0 aromatic rings. The molecule has 0 fully saturated rings. The number of aliphatic hydroxyl groups excluding tert-OH is 1. The van der Waals surface area contributed by atoms with Crippen molar-refractivity contribution in [3.05, 3.63) is 0 Å². The minimum Gasteiger partial charge on any atom is -0.340 e. The second-order valence-electron chi connectivity index (χ2n) is 2.71. The Hall–Kier alpha value is -0.190. The molecule has 0 aliphatic carbocycles. The average molecular weight is 191 g/mol. The van der Waals surface area contributed by atoms with E-state index in [2.05, 4.69) is 6.92 Å². The van der Waals surface area contributed by atoms with E-state index in [-0.39, 0.29) is 16.4 Å². The maximum absolute atomic E-state index is 10.3. The highest BCUT2D eigenvalue weighted by molar-refractivity contribution is 7.65. The molecule has 72 valence electrons. The minimum absolute atomic E-state index is 0.0923. The van der Waals surface area contributed by atoms with Gasteiger partial charge < -0.3 is 5.11 Å². The third-order valence-electron chi connectivity index (χ3n) is 1.62. The molecular weight excluding hydrogens is 174 g/mol. The summed E-state index contributed by atoms with van der Waals surface area (Å²) in [6.07, 6.45) is 3.05. The van der Waals surface area contributed by atoms with E-state index in [1.54, 1.807) is 4.90 Å². The zero-order chi connectivity index (χ0) is 9.40. The van der Waals surface area contributed by atoms with Crippen LogP contribution in [0.25, 0.3) is 0 Å². The maximum atomic E-state index is 10.3. The standard InChI is InChI=1S/C8H17NO2S/c1-3-5-7-9(6-4-2)8(10)12-11/h10H,3-7H2,1-2H3. The van der Waals surface area contributed by atoms with Crippen LogP contribution < -0.4 is 0 Å². The van der Waals surface area contributed by atoms with E-state index >= 15 is 0 Å². The highest BCUT2D eigenvalue weighted by Gasteiger charge is 2.06. The monoisotopic (exact) mass is 191 g/mol. The van der Waals surface area contributed by atoms with Crippen LogP contribution in [0.2, 0.25) is 0 Å². The molecule has 0 aliphatic heterocycles. The van der Waals surface area contributed by atoms with Gasteiger partial charge in [0, 0.05) is 13.1 Å². The first-order valence-electron chi connectivity index (χ1n) is 4.36. The van der Waals surface area contributed by atoms with Crippen molar-refractivity contribution in [3.8, 4) is 0 Å². The number of hydrogen-bond donors (Lipinski definition) is 1. The van der Waals surface area contributed by atoms with Crippen LogP contribution in [0.5, 0.6) is 0 Å². The Morgan fingerprint density at radius 2 is 2.00 bits per heavy atom. The summed E-state index contributed by atoms with van der Waals surface area (Å²) in [5.74, 6) is 0. The lowest BCUT2D eigenvalue weighted by Crippen LogP contribution is -2.32. The van der Waals surface area contributed by atoms with Gasteiger partial charge in [-0.25, -0.2) is 9.11 Å². The zero-order valence-electron chi connectivity index (χ0n) is 7.75. The number of rotatable bonds is 5. The van der Waals surface area contributed by atoms with Gasteiger partial charge in [0.25, 0.3) is 0 Å². The van der Waals surface area contributed by atoms with Crippen LogP contribution >= 0.6 is 0 Å². The molecule has 0 heterocycles. The fourth-order valence-corrected chi connectivity index (χ4v) is 1.26. The predicted molar refractivity (Wildman–Crippen MR) is 52.6 cm³/mol. The Morgan fingerprint density at radius 3 is 2.42 bits per heavy atom. The molecule has 0 spiro atoms. The first-order valence-corrected chi connectivity index (χ1v) is 5.11. The van der Waals surface area contributed by atoms with Crippen molar-refractivity contribution < 1.29 is 9.32 Å². The summed E-state index contributed by atoms with van der Waals surface area (Å²) < 4.78 is 10.3. The van der Waals surface area contributed by atoms with Gasteiger partial charge in [-0.2, -0.15) is 0 Å². The molecule has 0 saturated carbocycles. The summed E-state index contributed by atoms with van der Waals surface area (Å²) in [5.41, 5.74) is 0. The summed E-state index contributed by atoms with van der Waals surface area (Å²) in [5, 5.41) is 9.08. The topological polar surface area (TPSA) is 40.5 Å². The van der Waals surface area contributed by atoms with E-state index in [4.69, 9.17) is 5.11 Å². The van der Waals surface area contributed by atoms with Gasteiger partial charge in [0.15, 0.2) is 0 Å². The van der Waals surface area contributed by atoms with Crippen LogP contribution in [0.1, 0.15) is 33.1 Å². The fourth-order valence-electron chi connectivity index (χ4n) is 0.975. The smallest absolute Gasteiger partial charge is 0.216 e. The average Bonchev–Trinajstić information content (AvgIpc) is 2.11. The molecule has 0 radical (unpaired) electrons. The van der Waals surface area contributed by atoms with Gasteiger partial charge >= 0.3 is 0 Å². The van der Waals surface area contributed by atoms with E-state index < -0.39 is 0 Å². The number of hydrogen-bond acceptors (Lipinski definition) is 1. The van der Waals surface area contributed by atoms with Crippen molar-refractivity contribution in [2.75, 3.05) is 13.1 Å². The maximum Gasteiger partial charge on any atom is 0.216 e. The van der Waals surface area contributed by atoms with Gasteiger partial charge in [0.2, 0.25) is 5.17 Å². The Morgan fingerprint density at radius 1 is 1.33 bits per heavy atom. The van der Waals surface area contributed by atoms with Gasteiger partial charge in [-0.05, 0) is 12.8 Å². The Bertz CT molecular complexity index is 166. The van der Waals surface area contributed by atoms with Crippen LogP contribution in [0.15, 0.2) is 0 Å². The number of unbranched alkanes of at least 4 members (excludes halogenated alkanes) is 1. The van der Waals surface area contributed by atoms with Gasteiger partial charge in [-0.15, -0.1) is 0 Å². The van der Waals surface area contributed by atoms with E-state index in [0.717, 1.165) is 32.4 Å². The molecule has 0 rings (SSSR count). The molecule has 0 saturated heterocycles. The summed E-state index contributed by atoms with van der Waals surface area (Å²) >= 11 is 0.171. The van der Waals surface area contributed by atoms with Crippen molar-refractivity contribution in [2.45, 2.75) is 33.1 Å². The lowest BCUT2D eigenvalue weighted by Gasteiger charge is -2.17. The molecule has 0 atom stereocenters. The van der Waals surface area contributed by atoms with Crippen molar-refractivity contribution >= 4 is 16.4 Å². The Labute approximate surface area is 77.5 Å². The normalized spacial score (nSPS) is 10.3. The molecule has 0 unspecified atom stereocenters. The molecule has 0 amide bonds. The summed E-state index contributed by atoms with van der Waals surface area (Å²) in [7, 11) is 0. The lowest BCUT2D eigenvalue weighted by molar-refractivity contribution is 0.338. The van der Waals surface area contributed by atoms with E-state index in [1.807, 2.05) is 6.92 Å². The lowest BCUT2D eigenvalue weighted by atomic mass is 10.3. The molecule has 4 heteroatoms. The minimum atomic E-state index is -0.0923. The third-order valence-corrected chi connectivity index (χ3v) is 2.03. The van der Waals surface area contributed by atoms with Crippen LogP contribution in [-0.2, 0) is 11.3 Å². The van der Waals surface area contributed by atoms with Crippen LogP contribution in [0, 0.1) is 0 Å². The number of nitrogens with zero attached hydrogens (tertiary/aromatic N) is 1. The Kier molecular flexibility index (Phi) is 7.34. The molecule has 0 aromatic carbocycles. The number of aliphatic hydroxyl groups is 1. The van der Waals surface area contributed by atoms with Gasteiger partial charge in [-0.1, -0.05) is 20.3 Å². The second kappa shape index (κ2) is 7.46. The molecule has 0 aromatic heterocycles. The summed E-state index contributed by atoms with van der Waals surface area (Å²) in [4.78, 5) is 1.74. The first kappa shape index (κ1) is 11.8. The molecule has 3 nitrogen and oxygen atoms in total. The summed E-state index contributed by atoms with van der Waals surface area (Å²) in [6.45, 7) is 5.67. The first-order chi connectivity index (χ1) is 5.76. The van der Waals surface area contributed by atoms with E-state index in [1.165, 1.54) is 0 Å². The molecule has 1 N–H and O–H groups in total. The van der Waals surface area contributed by atoms with Crippen molar-refractivity contribution in [1.29, 1.82) is 0 Å². The quantitative estimate of drug-likeness (QED) is 0.667. The van der Waals surface area contributed by atoms with Crippen LogP contribution in [0.3, 0.4) is 0 Å². The van der Waals surface area contributed by atoms with Crippen LogP contribution in [0.4, 0.5) is 0 Å². The highest BCUT2D eigenvalue weighted by Crippen LogP contribution is 1.96. The van der Waals surface area contributed by atoms with Crippen molar-refractivity contribution in [2.24, 2.45) is 0 Å². The van der Waals surface area contributed by atoms with Gasteiger partial charge in [0.05, 0.1) is 0 Å². The molecule has 12 heavy (non-hydrogen) atoms. The highest BCUT2D eigenvalue weighted by atomic mass is 32.1. The van der Waals surface area contributed by atoms with Gasteiger partial charge in [-0.3, -0.25) is 0 Å². The fraction of sp³-hybridized carbons (Fsp3) is 0.875. The second-order valence-corrected chi connectivity index (χ2v) is 3.24. The summed E-state index contributed by atoms with van der Waals surface area (Å²) in [6, 6.07) is 0. The predicted octanol–water partition coefficient (Wildman–Crippen LogP) is 1.36. The van der Waals surface area contributed by atoms with Crippen molar-refractivity contribution in [3.63, 3.8) is 0 Å². The van der Waals surface area contributed by atoms with Crippen molar-refractivity contribution in [1.82, 2.24) is 4.90 Å². The molecular formula is C8H17NO2S. The molecule has 0 aliphatic rings. The third kappa shape index (κ3) is 4.64. The largest absolute Gasteiger partial charge is 0.340 e. The van der Waals surface area contributed by atoms with Gasteiger partial charge in [0.1, 0.15) is 11.3 Å².